The largest absolute Gasteiger partial charge is 0.370 e. The number of nitrogens with zero attached hydrogens (tertiary/aromatic N) is 8. The van der Waals surface area contributed by atoms with Crippen molar-refractivity contribution in [2.75, 3.05) is 70.4 Å². The van der Waals surface area contributed by atoms with E-state index in [4.69, 9.17) is 9.73 Å². The van der Waals surface area contributed by atoms with E-state index >= 15 is 0 Å². The Kier molecular flexibility index (Phi) is 9.48. The number of ether oxygens (including phenoxy) is 1. The lowest BCUT2D eigenvalue weighted by atomic mass is 10.1. The molecule has 1 N–H and O–H groups in total. The molecule has 2 saturated heterocycles. The van der Waals surface area contributed by atoms with Crippen LogP contribution in [0.3, 0.4) is 0 Å². The van der Waals surface area contributed by atoms with Crippen molar-refractivity contribution in [2.24, 2.45) is 12.0 Å². The zero-order chi connectivity index (χ0) is 21.5. The summed E-state index contributed by atoms with van der Waals surface area (Å²) in [4.78, 5) is 20.6. The van der Waals surface area contributed by atoms with E-state index in [2.05, 4.69) is 42.0 Å². The summed E-state index contributed by atoms with van der Waals surface area (Å²) >= 11 is 0. The SMILES string of the molecule is CCNC(=NCCN1CCN(c2ncccn2)CC1)N1CCOC(c2cnn(C)c2)C1.I. The first-order valence-electron chi connectivity index (χ1n) is 11.1. The first-order chi connectivity index (χ1) is 15.2. The lowest BCUT2D eigenvalue weighted by molar-refractivity contribution is -0.00805. The molecule has 2 aromatic rings. The van der Waals surface area contributed by atoms with Gasteiger partial charge in [0.2, 0.25) is 5.95 Å². The Bertz CT molecular complexity index is 839. The number of aliphatic imine (C=N–C) groups is 1. The molecular weight excluding hydrogens is 521 g/mol. The number of aryl methyl sites for hydroxylation is 1. The van der Waals surface area contributed by atoms with E-state index in [0.717, 1.165) is 76.4 Å². The van der Waals surface area contributed by atoms with Gasteiger partial charge in [0.05, 0.1) is 25.9 Å². The number of rotatable bonds is 6. The second-order valence-corrected chi connectivity index (χ2v) is 7.87. The third-order valence-electron chi connectivity index (χ3n) is 5.68. The fraction of sp³-hybridized carbons (Fsp3) is 0.619. The minimum Gasteiger partial charge on any atom is -0.370 e. The first-order valence-corrected chi connectivity index (χ1v) is 11.1. The number of piperazine rings is 1. The molecule has 2 aliphatic rings. The Morgan fingerprint density at radius 2 is 1.97 bits per heavy atom. The maximum atomic E-state index is 5.98. The highest BCUT2D eigenvalue weighted by molar-refractivity contribution is 14.0. The number of hydrogen-bond donors (Lipinski definition) is 1. The van der Waals surface area contributed by atoms with Gasteiger partial charge in [0.15, 0.2) is 5.96 Å². The summed E-state index contributed by atoms with van der Waals surface area (Å²) in [5, 5.41) is 7.73. The number of nitrogens with one attached hydrogen (secondary N) is 1. The molecular formula is C21H34IN9O. The Morgan fingerprint density at radius 1 is 1.19 bits per heavy atom. The predicted molar refractivity (Wildman–Crippen MR) is 136 cm³/mol. The monoisotopic (exact) mass is 555 g/mol. The van der Waals surface area contributed by atoms with Crippen LogP contribution in [0.4, 0.5) is 5.95 Å². The van der Waals surface area contributed by atoms with Crippen LogP contribution in [-0.4, -0.2) is 101 Å². The number of anilines is 1. The number of guanidine groups is 1. The van der Waals surface area contributed by atoms with E-state index in [1.807, 2.05) is 30.2 Å². The van der Waals surface area contributed by atoms with Crippen LogP contribution in [0.1, 0.15) is 18.6 Å². The Morgan fingerprint density at radius 3 is 2.66 bits per heavy atom. The summed E-state index contributed by atoms with van der Waals surface area (Å²) in [6, 6.07) is 1.85. The van der Waals surface area contributed by atoms with Crippen molar-refractivity contribution in [3.63, 3.8) is 0 Å². The second kappa shape index (κ2) is 12.3. The van der Waals surface area contributed by atoms with Crippen LogP contribution in [0, 0.1) is 0 Å². The van der Waals surface area contributed by atoms with Crippen molar-refractivity contribution in [1.29, 1.82) is 0 Å². The van der Waals surface area contributed by atoms with Crippen molar-refractivity contribution < 1.29 is 4.74 Å². The van der Waals surface area contributed by atoms with E-state index in [-0.39, 0.29) is 30.1 Å². The highest BCUT2D eigenvalue weighted by Gasteiger charge is 2.25. The number of hydrogen-bond acceptors (Lipinski definition) is 7. The molecule has 0 spiro atoms. The number of halogens is 1. The van der Waals surface area contributed by atoms with Gasteiger partial charge in [0, 0.05) is 77.0 Å². The average Bonchev–Trinajstić information content (AvgIpc) is 3.26. The van der Waals surface area contributed by atoms with Gasteiger partial charge >= 0.3 is 0 Å². The molecule has 1 unspecified atom stereocenters. The minimum atomic E-state index is 0. The van der Waals surface area contributed by atoms with Crippen molar-refractivity contribution in [3.05, 3.63) is 36.4 Å². The van der Waals surface area contributed by atoms with Crippen LogP contribution in [0.25, 0.3) is 0 Å². The molecule has 0 bridgehead atoms. The van der Waals surface area contributed by atoms with Crippen molar-refractivity contribution in [2.45, 2.75) is 13.0 Å². The molecule has 176 valence electrons. The molecule has 4 heterocycles. The molecule has 0 radical (unpaired) electrons. The molecule has 1 atom stereocenters. The minimum absolute atomic E-state index is 0. The van der Waals surface area contributed by atoms with Gasteiger partial charge in [-0.15, -0.1) is 24.0 Å². The average molecular weight is 555 g/mol. The quantitative estimate of drug-likeness (QED) is 0.321. The van der Waals surface area contributed by atoms with Crippen LogP contribution >= 0.6 is 24.0 Å². The van der Waals surface area contributed by atoms with Crippen molar-refractivity contribution in [3.8, 4) is 0 Å². The first kappa shape index (κ1) is 24.6. The van der Waals surface area contributed by atoms with Crippen molar-refractivity contribution in [1.82, 2.24) is 34.9 Å². The van der Waals surface area contributed by atoms with E-state index in [9.17, 15) is 0 Å². The molecule has 0 aliphatic carbocycles. The molecule has 2 aromatic heterocycles. The Balaban J connectivity index is 0.00000289. The third-order valence-corrected chi connectivity index (χ3v) is 5.68. The third kappa shape index (κ3) is 6.51. The molecule has 10 nitrogen and oxygen atoms in total. The highest BCUT2D eigenvalue weighted by atomic mass is 127. The fourth-order valence-corrected chi connectivity index (χ4v) is 4.00. The van der Waals surface area contributed by atoms with Gasteiger partial charge in [-0.05, 0) is 13.0 Å². The van der Waals surface area contributed by atoms with Crippen LogP contribution in [0.2, 0.25) is 0 Å². The molecule has 2 fully saturated rings. The molecule has 32 heavy (non-hydrogen) atoms. The summed E-state index contributed by atoms with van der Waals surface area (Å²) in [6.07, 6.45) is 7.54. The lowest BCUT2D eigenvalue weighted by Crippen LogP contribution is -2.49. The lowest BCUT2D eigenvalue weighted by Gasteiger charge is -2.35. The van der Waals surface area contributed by atoms with E-state index < -0.39 is 0 Å². The topological polar surface area (TPSA) is 86.9 Å². The summed E-state index contributed by atoms with van der Waals surface area (Å²) < 4.78 is 7.80. The maximum Gasteiger partial charge on any atom is 0.225 e. The van der Waals surface area contributed by atoms with Gasteiger partial charge < -0.3 is 19.9 Å². The number of aromatic nitrogens is 4. The predicted octanol–water partition coefficient (Wildman–Crippen LogP) is 0.989. The second-order valence-electron chi connectivity index (χ2n) is 7.87. The zero-order valence-corrected chi connectivity index (χ0v) is 21.3. The summed E-state index contributed by atoms with van der Waals surface area (Å²) in [7, 11) is 1.93. The Labute approximate surface area is 207 Å². The normalized spacial score (nSPS) is 20.2. The molecule has 0 saturated carbocycles. The zero-order valence-electron chi connectivity index (χ0n) is 18.9. The standard InChI is InChI=1S/C21H33N9O.HI/c1-3-22-20(30-13-14-31-19(17-30)18-15-26-27(2)16-18)25-7-8-28-9-11-29(12-10-28)21-23-5-4-6-24-21;/h4-6,15-16,19H,3,7-14,17H2,1-2H3,(H,22,25);1H. The Hall–Kier alpha value is -1.99. The van der Waals surface area contributed by atoms with Crippen LogP contribution < -0.4 is 10.2 Å². The van der Waals surface area contributed by atoms with Gasteiger partial charge in [-0.1, -0.05) is 0 Å². The molecule has 0 aromatic carbocycles. The summed E-state index contributed by atoms with van der Waals surface area (Å²) in [5.41, 5.74) is 1.11. The van der Waals surface area contributed by atoms with Crippen molar-refractivity contribution >= 4 is 35.9 Å². The number of morpholine rings is 1. The van der Waals surface area contributed by atoms with E-state index in [0.29, 0.717) is 6.61 Å². The van der Waals surface area contributed by atoms with Gasteiger partial charge in [-0.3, -0.25) is 14.6 Å². The van der Waals surface area contributed by atoms with Gasteiger partial charge in [0.25, 0.3) is 0 Å². The molecule has 11 heteroatoms. The van der Waals surface area contributed by atoms with Gasteiger partial charge in [-0.25, -0.2) is 9.97 Å². The maximum absolute atomic E-state index is 5.98. The fourth-order valence-electron chi connectivity index (χ4n) is 4.00. The highest BCUT2D eigenvalue weighted by Crippen LogP contribution is 2.21. The van der Waals surface area contributed by atoms with Gasteiger partial charge in [-0.2, -0.15) is 5.10 Å². The molecule has 0 amide bonds. The summed E-state index contributed by atoms with van der Waals surface area (Å²) in [5.74, 6) is 1.79. The summed E-state index contributed by atoms with van der Waals surface area (Å²) in [6.45, 7) is 10.9. The van der Waals surface area contributed by atoms with Crippen LogP contribution in [0.5, 0.6) is 0 Å². The molecule has 2 aliphatic heterocycles. The van der Waals surface area contributed by atoms with E-state index in [1.165, 1.54) is 0 Å². The van der Waals surface area contributed by atoms with Crippen LogP contribution in [0.15, 0.2) is 35.8 Å². The van der Waals surface area contributed by atoms with Gasteiger partial charge in [0.1, 0.15) is 6.10 Å². The van der Waals surface area contributed by atoms with E-state index in [1.54, 1.807) is 12.4 Å². The molecule has 4 rings (SSSR count). The smallest absolute Gasteiger partial charge is 0.225 e. The van der Waals surface area contributed by atoms with Crippen LogP contribution in [-0.2, 0) is 11.8 Å².